The molecule has 0 saturated heterocycles. The monoisotopic (exact) mass is 306 g/mol. The van der Waals surface area contributed by atoms with E-state index < -0.39 is 4.87 Å². The Labute approximate surface area is 130 Å². The fourth-order valence-corrected chi connectivity index (χ4v) is 3.64. The average molecular weight is 306 g/mol. The van der Waals surface area contributed by atoms with Gasteiger partial charge in [0.25, 0.3) is 0 Å². The highest BCUT2D eigenvalue weighted by Crippen LogP contribution is 2.39. The lowest BCUT2D eigenvalue weighted by molar-refractivity contribution is -0.149. The van der Waals surface area contributed by atoms with Crippen LogP contribution in [0, 0.1) is 12.8 Å². The maximum absolute atomic E-state index is 12.1. The molecular weight excluding hydrogens is 284 g/mol. The third-order valence-electron chi connectivity index (χ3n) is 3.63. The Bertz CT molecular complexity index is 542. The Balaban J connectivity index is 2.14. The van der Waals surface area contributed by atoms with Crippen LogP contribution in [0.1, 0.15) is 38.3 Å². The van der Waals surface area contributed by atoms with Gasteiger partial charge in [-0.2, -0.15) is 5.10 Å². The number of esters is 1. The Morgan fingerprint density at radius 2 is 2.05 bits per heavy atom. The summed E-state index contributed by atoms with van der Waals surface area (Å²) in [7, 11) is 0. The number of hydrogen-bond acceptors (Lipinski definition) is 5. The van der Waals surface area contributed by atoms with Gasteiger partial charge in [0.15, 0.2) is 0 Å². The SMILES string of the molecule is CCOC(=O)[C@H](CC)[C@]1(C)NN=C(c2ccc(C)cc2)S1. The molecule has 1 aromatic carbocycles. The number of carbonyl (C=O) groups excluding carboxylic acids is 1. The van der Waals surface area contributed by atoms with Gasteiger partial charge in [-0.3, -0.25) is 10.2 Å². The smallest absolute Gasteiger partial charge is 0.312 e. The van der Waals surface area contributed by atoms with Crippen molar-refractivity contribution in [3.8, 4) is 0 Å². The van der Waals surface area contributed by atoms with Crippen LogP contribution in [0.15, 0.2) is 29.4 Å². The van der Waals surface area contributed by atoms with E-state index in [9.17, 15) is 4.79 Å². The quantitative estimate of drug-likeness (QED) is 0.848. The van der Waals surface area contributed by atoms with E-state index in [1.165, 1.54) is 5.56 Å². The molecule has 0 aliphatic carbocycles. The molecular formula is C16H22N2O2S. The number of nitrogens with one attached hydrogen (secondary N) is 1. The summed E-state index contributed by atoms with van der Waals surface area (Å²) in [5.74, 6) is -0.392. The number of hydrazone groups is 1. The molecule has 0 bridgehead atoms. The highest BCUT2D eigenvalue weighted by molar-refractivity contribution is 8.15. The Hall–Kier alpha value is -1.49. The predicted molar refractivity (Wildman–Crippen MR) is 87.3 cm³/mol. The molecule has 0 aromatic heterocycles. The van der Waals surface area contributed by atoms with Gasteiger partial charge in [0, 0.05) is 5.56 Å². The summed E-state index contributed by atoms with van der Waals surface area (Å²) in [4.78, 5) is 11.7. The van der Waals surface area contributed by atoms with E-state index in [-0.39, 0.29) is 11.9 Å². The zero-order valence-corrected chi connectivity index (χ0v) is 13.8. The van der Waals surface area contributed by atoms with Gasteiger partial charge in [-0.15, -0.1) is 0 Å². The van der Waals surface area contributed by atoms with Crippen molar-refractivity contribution in [2.24, 2.45) is 11.0 Å². The van der Waals surface area contributed by atoms with E-state index in [0.29, 0.717) is 13.0 Å². The first kappa shape index (κ1) is 15.9. The molecule has 4 nitrogen and oxygen atoms in total. The van der Waals surface area contributed by atoms with Crippen LogP contribution in [-0.4, -0.2) is 22.5 Å². The van der Waals surface area contributed by atoms with E-state index in [4.69, 9.17) is 4.74 Å². The number of carbonyl (C=O) groups is 1. The summed E-state index contributed by atoms with van der Waals surface area (Å²) in [5, 5.41) is 5.34. The van der Waals surface area contributed by atoms with Gasteiger partial charge in [0.05, 0.1) is 12.5 Å². The van der Waals surface area contributed by atoms with Crippen molar-refractivity contribution in [3.05, 3.63) is 35.4 Å². The third kappa shape index (κ3) is 3.40. The summed E-state index contributed by atoms with van der Waals surface area (Å²) in [6, 6.07) is 8.24. The van der Waals surface area contributed by atoms with E-state index in [1.54, 1.807) is 11.8 Å². The first-order chi connectivity index (χ1) is 10.00. The molecule has 0 spiro atoms. The number of ether oxygens (including phenoxy) is 1. The molecule has 21 heavy (non-hydrogen) atoms. The Kier molecular flexibility index (Phi) is 4.93. The van der Waals surface area contributed by atoms with Crippen molar-refractivity contribution in [3.63, 3.8) is 0 Å². The van der Waals surface area contributed by atoms with Crippen molar-refractivity contribution >= 4 is 22.8 Å². The second-order valence-corrected chi connectivity index (χ2v) is 6.76. The molecule has 1 aliphatic heterocycles. The van der Waals surface area contributed by atoms with Gasteiger partial charge in [-0.05, 0) is 27.2 Å². The van der Waals surface area contributed by atoms with E-state index in [1.807, 2.05) is 20.8 Å². The number of thioether (sulfide) groups is 1. The maximum atomic E-state index is 12.1. The number of rotatable bonds is 5. The van der Waals surface area contributed by atoms with Crippen molar-refractivity contribution < 1.29 is 9.53 Å². The molecule has 2 atom stereocenters. The summed E-state index contributed by atoms with van der Waals surface area (Å²) in [5.41, 5.74) is 5.43. The van der Waals surface area contributed by atoms with Crippen LogP contribution < -0.4 is 5.43 Å². The molecule has 2 rings (SSSR count). The zero-order valence-electron chi connectivity index (χ0n) is 13.0. The normalized spacial score (nSPS) is 22.4. The van der Waals surface area contributed by atoms with E-state index in [2.05, 4.69) is 41.7 Å². The fourth-order valence-electron chi connectivity index (χ4n) is 2.40. The molecule has 1 heterocycles. The minimum absolute atomic E-state index is 0.164. The van der Waals surface area contributed by atoms with Gasteiger partial charge < -0.3 is 4.74 Å². The molecule has 5 heteroatoms. The third-order valence-corrected chi connectivity index (χ3v) is 4.95. The van der Waals surface area contributed by atoms with Crippen LogP contribution in [0.25, 0.3) is 0 Å². The molecule has 114 valence electrons. The summed E-state index contributed by atoms with van der Waals surface area (Å²) in [6.45, 7) is 8.30. The lowest BCUT2D eigenvalue weighted by Crippen LogP contribution is -2.44. The topological polar surface area (TPSA) is 50.7 Å². The highest BCUT2D eigenvalue weighted by Gasteiger charge is 2.44. The van der Waals surface area contributed by atoms with Crippen LogP contribution in [0.5, 0.6) is 0 Å². The molecule has 1 aromatic rings. The summed E-state index contributed by atoms with van der Waals surface area (Å²) in [6.07, 6.45) is 0.714. The van der Waals surface area contributed by atoms with Gasteiger partial charge >= 0.3 is 5.97 Å². The molecule has 0 unspecified atom stereocenters. The summed E-state index contributed by atoms with van der Waals surface area (Å²) < 4.78 is 5.19. The molecule has 0 amide bonds. The van der Waals surface area contributed by atoms with E-state index in [0.717, 1.165) is 10.6 Å². The highest BCUT2D eigenvalue weighted by atomic mass is 32.2. The van der Waals surface area contributed by atoms with Crippen LogP contribution in [0.3, 0.4) is 0 Å². The van der Waals surface area contributed by atoms with Gasteiger partial charge in [-0.1, -0.05) is 48.5 Å². The van der Waals surface area contributed by atoms with Crippen LogP contribution >= 0.6 is 11.8 Å². The largest absolute Gasteiger partial charge is 0.466 e. The number of benzene rings is 1. The van der Waals surface area contributed by atoms with Crippen LogP contribution in [0.4, 0.5) is 0 Å². The lowest BCUT2D eigenvalue weighted by Gasteiger charge is -2.30. The maximum Gasteiger partial charge on any atom is 0.312 e. The fraction of sp³-hybridized carbons (Fsp3) is 0.500. The Morgan fingerprint density at radius 3 is 2.62 bits per heavy atom. The molecule has 1 aliphatic rings. The summed E-state index contributed by atoms with van der Waals surface area (Å²) >= 11 is 1.60. The molecule has 0 radical (unpaired) electrons. The van der Waals surface area contributed by atoms with Gasteiger partial charge in [0.1, 0.15) is 9.91 Å². The minimum Gasteiger partial charge on any atom is -0.466 e. The minimum atomic E-state index is -0.457. The number of nitrogens with zero attached hydrogens (tertiary/aromatic N) is 1. The number of aryl methyl sites for hydroxylation is 1. The van der Waals surface area contributed by atoms with Gasteiger partial charge in [-0.25, -0.2) is 0 Å². The molecule has 0 fully saturated rings. The first-order valence-electron chi connectivity index (χ1n) is 7.27. The van der Waals surface area contributed by atoms with Crippen LogP contribution in [0.2, 0.25) is 0 Å². The van der Waals surface area contributed by atoms with E-state index >= 15 is 0 Å². The van der Waals surface area contributed by atoms with Gasteiger partial charge in [0.2, 0.25) is 0 Å². The average Bonchev–Trinajstić information content (AvgIpc) is 2.84. The van der Waals surface area contributed by atoms with Crippen molar-refractivity contribution in [2.45, 2.75) is 39.0 Å². The Morgan fingerprint density at radius 1 is 1.38 bits per heavy atom. The standard InChI is InChI=1S/C16H22N2O2S/c1-5-13(15(19)20-6-2)16(4)18-17-14(21-16)12-9-7-11(3)8-10-12/h7-10,13,18H,5-6H2,1-4H3/t13-,16+/m0/s1. The van der Waals surface area contributed by atoms with Crippen LogP contribution in [-0.2, 0) is 9.53 Å². The molecule has 0 saturated carbocycles. The zero-order chi connectivity index (χ0) is 15.5. The first-order valence-corrected chi connectivity index (χ1v) is 8.09. The van der Waals surface area contributed by atoms with Crippen molar-refractivity contribution in [1.82, 2.24) is 5.43 Å². The number of hydrogen-bond donors (Lipinski definition) is 1. The second kappa shape index (κ2) is 6.52. The second-order valence-electron chi connectivity index (χ2n) is 5.32. The molecule has 1 N–H and O–H groups in total. The predicted octanol–water partition coefficient (Wildman–Crippen LogP) is 3.30. The van der Waals surface area contributed by atoms with Crippen molar-refractivity contribution in [1.29, 1.82) is 0 Å². The van der Waals surface area contributed by atoms with Crippen molar-refractivity contribution in [2.75, 3.05) is 6.61 Å². The lowest BCUT2D eigenvalue weighted by atomic mass is 9.98.